The zero-order valence-corrected chi connectivity index (χ0v) is 17.4. The van der Waals surface area contributed by atoms with Crippen LogP contribution in [0.2, 0.25) is 0 Å². The van der Waals surface area contributed by atoms with E-state index in [1.807, 2.05) is 0 Å². The minimum absolute atomic E-state index is 0.105. The van der Waals surface area contributed by atoms with E-state index in [0.717, 1.165) is 0 Å². The third kappa shape index (κ3) is 4.13. The molecule has 1 amide bonds. The number of phenolic OH excluding ortho intramolecular Hbond substituents is 1. The van der Waals surface area contributed by atoms with E-state index in [2.05, 4.69) is 5.10 Å². The number of carbonyl (C=O) groups is 1. The predicted octanol–water partition coefficient (Wildman–Crippen LogP) is 4.51. The third-order valence-electron chi connectivity index (χ3n) is 5.35. The minimum Gasteiger partial charge on any atom is -0.502 e. The number of nitro groups is 2. The molecule has 1 aliphatic heterocycles. The van der Waals surface area contributed by atoms with Gasteiger partial charge in [0, 0.05) is 35.7 Å². The first-order valence-electron chi connectivity index (χ1n) is 9.95. The van der Waals surface area contributed by atoms with Crippen LogP contribution < -0.4 is 0 Å². The summed E-state index contributed by atoms with van der Waals surface area (Å²) < 4.78 is 0. The van der Waals surface area contributed by atoms with E-state index < -0.39 is 33.2 Å². The van der Waals surface area contributed by atoms with Crippen molar-refractivity contribution >= 4 is 23.0 Å². The molecule has 3 aromatic carbocycles. The van der Waals surface area contributed by atoms with Gasteiger partial charge in [0.2, 0.25) is 5.75 Å². The van der Waals surface area contributed by atoms with Crippen molar-refractivity contribution < 1.29 is 19.7 Å². The normalized spacial score (nSPS) is 15.2. The maximum atomic E-state index is 13.3. The quantitative estimate of drug-likeness (QED) is 0.452. The highest BCUT2D eigenvalue weighted by molar-refractivity contribution is 6.07. The zero-order valence-electron chi connectivity index (χ0n) is 17.4. The lowest BCUT2D eigenvalue weighted by Gasteiger charge is -2.22. The van der Waals surface area contributed by atoms with Crippen molar-refractivity contribution in [3.63, 3.8) is 0 Å². The van der Waals surface area contributed by atoms with E-state index in [-0.39, 0.29) is 23.4 Å². The summed E-state index contributed by atoms with van der Waals surface area (Å²) in [5, 5.41) is 38.8. The number of aryl methyl sites for hydroxylation is 1. The molecule has 0 bridgehead atoms. The molecule has 1 unspecified atom stereocenters. The molecule has 0 radical (unpaired) electrons. The molecule has 0 fully saturated rings. The summed E-state index contributed by atoms with van der Waals surface area (Å²) in [5.41, 5.74) is 1.18. The smallest absolute Gasteiger partial charge is 0.311 e. The number of non-ortho nitro benzene ring substituents is 1. The Morgan fingerprint density at radius 2 is 1.76 bits per heavy atom. The molecule has 33 heavy (non-hydrogen) atoms. The van der Waals surface area contributed by atoms with Crippen molar-refractivity contribution in [2.24, 2.45) is 5.10 Å². The maximum absolute atomic E-state index is 13.3. The second kappa shape index (κ2) is 8.50. The summed E-state index contributed by atoms with van der Waals surface area (Å²) in [6.07, 6.45) is 0.105. The third-order valence-corrected chi connectivity index (χ3v) is 5.35. The molecule has 0 saturated heterocycles. The fraction of sp³-hybridized carbons (Fsp3) is 0.130. The molecule has 0 aromatic heterocycles. The average molecular weight is 446 g/mol. The van der Waals surface area contributed by atoms with Crippen LogP contribution >= 0.6 is 0 Å². The second-order valence-corrected chi connectivity index (χ2v) is 7.57. The molecule has 1 atom stereocenters. The topological polar surface area (TPSA) is 139 Å². The summed E-state index contributed by atoms with van der Waals surface area (Å²) in [7, 11) is 0. The van der Waals surface area contributed by atoms with Gasteiger partial charge in [0.15, 0.2) is 0 Å². The molecule has 166 valence electrons. The molecule has 1 heterocycles. The summed E-state index contributed by atoms with van der Waals surface area (Å²) in [6.45, 7) is 1.65. The molecule has 1 N–H and O–H groups in total. The number of nitrogens with zero attached hydrogens (tertiary/aromatic N) is 4. The van der Waals surface area contributed by atoms with Crippen LogP contribution in [-0.4, -0.2) is 31.6 Å². The van der Waals surface area contributed by atoms with E-state index >= 15 is 0 Å². The van der Waals surface area contributed by atoms with Gasteiger partial charge in [-0.25, -0.2) is 5.01 Å². The highest BCUT2D eigenvalue weighted by Crippen LogP contribution is 2.39. The lowest BCUT2D eigenvalue weighted by Crippen LogP contribution is -2.27. The van der Waals surface area contributed by atoms with Crippen molar-refractivity contribution in [1.29, 1.82) is 0 Å². The number of aromatic hydroxyl groups is 1. The van der Waals surface area contributed by atoms with E-state index in [9.17, 15) is 30.1 Å². The van der Waals surface area contributed by atoms with E-state index in [4.69, 9.17) is 0 Å². The van der Waals surface area contributed by atoms with Gasteiger partial charge >= 0.3 is 5.69 Å². The van der Waals surface area contributed by atoms with Gasteiger partial charge in [-0.05, 0) is 36.2 Å². The Balaban J connectivity index is 1.83. The molecule has 10 nitrogen and oxygen atoms in total. The minimum atomic E-state index is -0.702. The molecule has 3 aromatic rings. The molecule has 0 aliphatic carbocycles. The van der Waals surface area contributed by atoms with Gasteiger partial charge in [-0.15, -0.1) is 0 Å². The number of rotatable bonds is 5. The van der Waals surface area contributed by atoms with Crippen molar-refractivity contribution in [3.8, 4) is 5.75 Å². The van der Waals surface area contributed by atoms with Gasteiger partial charge in [-0.3, -0.25) is 25.0 Å². The van der Waals surface area contributed by atoms with Crippen LogP contribution in [0.25, 0.3) is 0 Å². The van der Waals surface area contributed by atoms with Crippen molar-refractivity contribution in [3.05, 3.63) is 109 Å². The van der Waals surface area contributed by atoms with Crippen LogP contribution in [0.4, 0.5) is 11.4 Å². The first-order chi connectivity index (χ1) is 15.8. The number of benzene rings is 3. The Hall–Kier alpha value is -4.60. The highest BCUT2D eigenvalue weighted by Gasteiger charge is 2.36. The van der Waals surface area contributed by atoms with Gasteiger partial charge in [0.1, 0.15) is 0 Å². The molecule has 0 saturated carbocycles. The molecular formula is C23H18N4O6. The van der Waals surface area contributed by atoms with Crippen LogP contribution in [0.5, 0.6) is 5.75 Å². The lowest BCUT2D eigenvalue weighted by atomic mass is 9.96. The summed E-state index contributed by atoms with van der Waals surface area (Å²) in [6, 6.07) is 16.4. The van der Waals surface area contributed by atoms with Gasteiger partial charge in [-0.1, -0.05) is 30.3 Å². The number of hydrazone groups is 1. The second-order valence-electron chi connectivity index (χ2n) is 7.57. The van der Waals surface area contributed by atoms with Crippen molar-refractivity contribution in [1.82, 2.24) is 5.01 Å². The first-order valence-corrected chi connectivity index (χ1v) is 9.95. The van der Waals surface area contributed by atoms with E-state index in [1.54, 1.807) is 49.4 Å². The Labute approximate surface area is 187 Å². The average Bonchev–Trinajstić information content (AvgIpc) is 3.25. The monoisotopic (exact) mass is 446 g/mol. The van der Waals surface area contributed by atoms with Crippen molar-refractivity contribution in [2.45, 2.75) is 19.4 Å². The largest absolute Gasteiger partial charge is 0.502 e. The van der Waals surface area contributed by atoms with E-state index in [0.29, 0.717) is 16.7 Å². The summed E-state index contributed by atoms with van der Waals surface area (Å²) in [5.74, 6) is -0.986. The molecule has 0 spiro atoms. The van der Waals surface area contributed by atoms with Crippen LogP contribution in [0.15, 0.2) is 71.8 Å². The predicted molar refractivity (Wildman–Crippen MR) is 119 cm³/mol. The Kier molecular flexibility index (Phi) is 5.57. The van der Waals surface area contributed by atoms with Crippen LogP contribution in [0.3, 0.4) is 0 Å². The van der Waals surface area contributed by atoms with Crippen molar-refractivity contribution in [2.75, 3.05) is 0 Å². The fourth-order valence-corrected chi connectivity index (χ4v) is 3.80. The number of amides is 1. The summed E-state index contributed by atoms with van der Waals surface area (Å²) in [4.78, 5) is 34.7. The van der Waals surface area contributed by atoms with Gasteiger partial charge in [-0.2, -0.15) is 5.10 Å². The van der Waals surface area contributed by atoms with Gasteiger partial charge in [0.05, 0.1) is 21.6 Å². The first kappa shape index (κ1) is 21.6. The Bertz CT molecular complexity index is 1310. The number of hydrogen-bond donors (Lipinski definition) is 1. The van der Waals surface area contributed by atoms with Gasteiger partial charge in [0.25, 0.3) is 11.6 Å². The molecule has 1 aliphatic rings. The van der Waals surface area contributed by atoms with Crippen LogP contribution in [-0.2, 0) is 0 Å². The SMILES string of the molecule is Cc1cc(C2=NN(C(=O)c3ccccc3)C(c3cccc([N+](=O)[O-])c3)C2)c(O)c([N+](=O)[O-])c1. The number of hydrogen-bond acceptors (Lipinski definition) is 7. The Morgan fingerprint density at radius 3 is 2.42 bits per heavy atom. The fourth-order valence-electron chi connectivity index (χ4n) is 3.80. The van der Waals surface area contributed by atoms with E-state index in [1.165, 1.54) is 29.3 Å². The molecule has 4 rings (SSSR count). The Morgan fingerprint density at radius 1 is 1.03 bits per heavy atom. The molecular weight excluding hydrogens is 428 g/mol. The number of carbonyl (C=O) groups excluding carboxylic acids is 1. The van der Waals surface area contributed by atoms with Crippen LogP contribution in [0, 0.1) is 27.2 Å². The summed E-state index contributed by atoms with van der Waals surface area (Å²) >= 11 is 0. The number of phenols is 1. The van der Waals surface area contributed by atoms with Gasteiger partial charge < -0.3 is 5.11 Å². The number of nitro benzene ring substituents is 2. The van der Waals surface area contributed by atoms with Crippen LogP contribution in [0.1, 0.15) is 39.5 Å². The zero-order chi connectivity index (χ0) is 23.7. The molecule has 10 heteroatoms. The maximum Gasteiger partial charge on any atom is 0.311 e. The lowest BCUT2D eigenvalue weighted by molar-refractivity contribution is -0.385. The standard InChI is InChI=1S/C23H18N4O6/c1-14-10-18(22(28)21(11-14)27(32)33)19-13-20(16-8-5-9-17(12-16)26(30)31)25(24-19)23(29)15-6-3-2-4-7-15/h2-12,20,28H,13H2,1H3. The highest BCUT2D eigenvalue weighted by atomic mass is 16.6.